The van der Waals surface area contributed by atoms with Crippen molar-refractivity contribution in [2.45, 2.75) is 24.8 Å². The van der Waals surface area contributed by atoms with Crippen LogP contribution in [-0.4, -0.2) is 45.3 Å². The molecule has 1 unspecified atom stereocenters. The van der Waals surface area contributed by atoms with Gasteiger partial charge in [-0.3, -0.25) is 4.40 Å². The van der Waals surface area contributed by atoms with Crippen molar-refractivity contribution >= 4 is 28.3 Å². The highest BCUT2D eigenvalue weighted by Gasteiger charge is 2.13. The Morgan fingerprint density at radius 3 is 2.69 bits per heavy atom. The van der Waals surface area contributed by atoms with Crippen molar-refractivity contribution in [3.63, 3.8) is 0 Å². The molecule has 2 aromatic heterocycles. The topological polar surface area (TPSA) is 68.9 Å². The quantitative estimate of drug-likeness (QED) is 0.446. The number of aliphatic hydroxyl groups is 1. The highest BCUT2D eigenvalue weighted by molar-refractivity contribution is 7.99. The van der Waals surface area contributed by atoms with E-state index in [4.69, 9.17) is 9.47 Å². The highest BCUT2D eigenvalue weighted by Crippen LogP contribution is 2.26. The number of methoxy groups -OCH3 is 1. The summed E-state index contributed by atoms with van der Waals surface area (Å²) in [6.45, 7) is 2.78. The van der Waals surface area contributed by atoms with Gasteiger partial charge in [0.15, 0.2) is 10.8 Å². The first-order valence-corrected chi connectivity index (χ1v) is 10.4. The Morgan fingerprint density at radius 2 is 1.90 bits per heavy atom. The molecule has 2 heterocycles. The number of benzene rings is 2. The summed E-state index contributed by atoms with van der Waals surface area (Å²) in [7, 11) is 1.64. The van der Waals surface area contributed by atoms with Gasteiger partial charge >= 0.3 is 0 Å². The van der Waals surface area contributed by atoms with Crippen LogP contribution in [0.2, 0.25) is 0 Å². The van der Waals surface area contributed by atoms with Gasteiger partial charge in [-0.25, -0.2) is 0 Å². The number of hydrogen-bond donors (Lipinski definition) is 1. The van der Waals surface area contributed by atoms with Gasteiger partial charge in [-0.2, -0.15) is 0 Å². The van der Waals surface area contributed by atoms with E-state index in [0.29, 0.717) is 12.4 Å². The van der Waals surface area contributed by atoms with Crippen molar-refractivity contribution in [2.24, 2.45) is 0 Å². The second-order valence-electron chi connectivity index (χ2n) is 6.85. The number of pyridine rings is 1. The number of hydrogen-bond acceptors (Lipinski definition) is 6. The molecule has 0 radical (unpaired) electrons. The van der Waals surface area contributed by atoms with Gasteiger partial charge < -0.3 is 14.6 Å². The van der Waals surface area contributed by atoms with E-state index in [1.165, 1.54) is 22.7 Å². The number of fused-ring (bicyclic) bond motifs is 3. The zero-order valence-electron chi connectivity index (χ0n) is 16.4. The smallest absolute Gasteiger partial charge is 0.196 e. The van der Waals surface area contributed by atoms with Gasteiger partial charge in [-0.1, -0.05) is 42.1 Å². The largest absolute Gasteiger partial charge is 0.497 e. The Labute approximate surface area is 173 Å². The maximum absolute atomic E-state index is 10.3. The van der Waals surface area contributed by atoms with E-state index < -0.39 is 6.10 Å². The minimum absolute atomic E-state index is 0.260. The Bertz CT molecular complexity index is 1110. The fraction of sp³-hybridized carbons (Fsp3) is 0.273. The van der Waals surface area contributed by atoms with Gasteiger partial charge in [0, 0.05) is 11.1 Å². The van der Waals surface area contributed by atoms with Crippen LogP contribution in [0.4, 0.5) is 0 Å². The predicted molar refractivity (Wildman–Crippen MR) is 115 cm³/mol. The van der Waals surface area contributed by atoms with Crippen molar-refractivity contribution in [3.05, 3.63) is 65.7 Å². The van der Waals surface area contributed by atoms with Crippen molar-refractivity contribution in [1.82, 2.24) is 14.6 Å². The molecule has 2 aromatic carbocycles. The Hall–Kier alpha value is -2.61. The first-order valence-electron chi connectivity index (χ1n) is 9.40. The molecule has 0 saturated carbocycles. The number of ether oxygens (including phenoxy) is 2. The maximum atomic E-state index is 10.3. The van der Waals surface area contributed by atoms with Crippen LogP contribution in [-0.2, 0) is 11.3 Å². The summed E-state index contributed by atoms with van der Waals surface area (Å²) in [5.74, 6) is 1.29. The summed E-state index contributed by atoms with van der Waals surface area (Å²) in [6, 6.07) is 17.9. The molecule has 0 fully saturated rings. The Balaban J connectivity index is 1.37. The molecule has 0 saturated heterocycles. The molecule has 0 aliphatic rings. The Kier molecular flexibility index (Phi) is 5.99. The third-order valence-electron chi connectivity index (χ3n) is 4.72. The zero-order valence-corrected chi connectivity index (χ0v) is 17.2. The van der Waals surface area contributed by atoms with E-state index >= 15 is 0 Å². The minimum Gasteiger partial charge on any atom is -0.497 e. The summed E-state index contributed by atoms with van der Waals surface area (Å²) in [4.78, 5) is 0. The number of nitrogens with zero attached hydrogens (tertiary/aromatic N) is 3. The number of para-hydroxylation sites is 1. The molecule has 150 valence electrons. The number of aryl methyl sites for hydroxylation is 1. The van der Waals surface area contributed by atoms with E-state index in [1.807, 2.05) is 46.9 Å². The Morgan fingerprint density at radius 1 is 1.10 bits per heavy atom. The van der Waals surface area contributed by atoms with Crippen LogP contribution in [0.15, 0.2) is 59.8 Å². The van der Waals surface area contributed by atoms with E-state index in [9.17, 15) is 5.11 Å². The lowest BCUT2D eigenvalue weighted by Crippen LogP contribution is -2.18. The van der Waals surface area contributed by atoms with Crippen LogP contribution in [0.1, 0.15) is 11.1 Å². The number of aromatic nitrogens is 3. The molecule has 1 atom stereocenters. The third kappa shape index (κ3) is 4.37. The van der Waals surface area contributed by atoms with Crippen molar-refractivity contribution in [2.75, 3.05) is 19.5 Å². The first-order chi connectivity index (χ1) is 14.2. The minimum atomic E-state index is -0.595. The molecule has 0 spiro atoms. The van der Waals surface area contributed by atoms with Crippen LogP contribution in [0.3, 0.4) is 0 Å². The predicted octanol–water partition coefficient (Wildman–Crippen LogP) is 3.87. The lowest BCUT2D eigenvalue weighted by molar-refractivity contribution is 0.0397. The average molecular weight is 410 g/mol. The number of rotatable bonds is 8. The monoisotopic (exact) mass is 409 g/mol. The van der Waals surface area contributed by atoms with Gasteiger partial charge in [0.05, 0.1) is 31.9 Å². The molecular formula is C22H23N3O3S. The molecular weight excluding hydrogens is 386 g/mol. The van der Waals surface area contributed by atoms with Crippen LogP contribution >= 0.6 is 11.8 Å². The van der Waals surface area contributed by atoms with Crippen LogP contribution in [0.5, 0.6) is 5.75 Å². The third-order valence-corrected chi connectivity index (χ3v) is 5.79. The zero-order chi connectivity index (χ0) is 20.2. The van der Waals surface area contributed by atoms with E-state index in [0.717, 1.165) is 27.6 Å². The normalized spacial score (nSPS) is 12.5. The lowest BCUT2D eigenvalue weighted by Gasteiger charge is -2.11. The molecule has 0 amide bonds. The number of aliphatic hydroxyl groups excluding tert-OH is 1. The van der Waals surface area contributed by atoms with Crippen LogP contribution in [0.25, 0.3) is 16.6 Å². The molecule has 4 aromatic rings. The molecule has 29 heavy (non-hydrogen) atoms. The summed E-state index contributed by atoms with van der Waals surface area (Å²) < 4.78 is 12.8. The molecule has 0 aliphatic heterocycles. The van der Waals surface area contributed by atoms with Crippen molar-refractivity contribution in [3.8, 4) is 5.75 Å². The number of thioether (sulfide) groups is 1. The molecule has 7 heteroatoms. The SMILES string of the molecule is COc1ccc(COCC(O)CSc2nnc3cc(C)c4ccccc4n23)cc1. The highest BCUT2D eigenvalue weighted by atomic mass is 32.2. The van der Waals surface area contributed by atoms with E-state index in [2.05, 4.69) is 29.3 Å². The molecule has 0 aliphatic carbocycles. The maximum Gasteiger partial charge on any atom is 0.196 e. The molecule has 6 nitrogen and oxygen atoms in total. The van der Waals surface area contributed by atoms with Crippen molar-refractivity contribution < 1.29 is 14.6 Å². The van der Waals surface area contributed by atoms with Gasteiger partial charge in [0.2, 0.25) is 0 Å². The van der Waals surface area contributed by atoms with Gasteiger partial charge in [0.25, 0.3) is 0 Å². The van der Waals surface area contributed by atoms with Gasteiger partial charge in [0.1, 0.15) is 5.75 Å². The van der Waals surface area contributed by atoms with Gasteiger partial charge in [-0.15, -0.1) is 10.2 Å². The molecule has 4 rings (SSSR count). The molecule has 1 N–H and O–H groups in total. The second kappa shape index (κ2) is 8.82. The van der Waals surface area contributed by atoms with Gasteiger partial charge in [-0.05, 0) is 42.3 Å². The van der Waals surface area contributed by atoms with Crippen LogP contribution < -0.4 is 4.74 Å². The van der Waals surface area contributed by atoms with E-state index in [-0.39, 0.29) is 6.61 Å². The second-order valence-corrected chi connectivity index (χ2v) is 7.84. The van der Waals surface area contributed by atoms with E-state index in [1.54, 1.807) is 7.11 Å². The summed E-state index contributed by atoms with van der Waals surface area (Å²) in [5.41, 5.74) is 4.09. The summed E-state index contributed by atoms with van der Waals surface area (Å²) in [6.07, 6.45) is -0.595. The lowest BCUT2D eigenvalue weighted by atomic mass is 10.1. The summed E-state index contributed by atoms with van der Waals surface area (Å²) >= 11 is 1.48. The standard InChI is InChI=1S/C22H23N3O3S/c1-15-11-21-23-24-22(25(21)20-6-4-3-5-19(15)20)29-14-17(26)13-28-12-16-7-9-18(27-2)10-8-16/h3-11,17,26H,12-14H2,1-2H3. The fourth-order valence-corrected chi connectivity index (χ4v) is 4.08. The molecule has 0 bridgehead atoms. The fourth-order valence-electron chi connectivity index (χ4n) is 3.22. The average Bonchev–Trinajstić information content (AvgIpc) is 3.16. The van der Waals surface area contributed by atoms with Crippen molar-refractivity contribution in [1.29, 1.82) is 0 Å². The van der Waals surface area contributed by atoms with Crippen LogP contribution in [0, 0.1) is 6.92 Å². The summed E-state index contributed by atoms with van der Waals surface area (Å²) in [5, 5.41) is 20.9. The first kappa shape index (κ1) is 19.7.